The van der Waals surface area contributed by atoms with Crippen molar-refractivity contribution in [2.45, 2.75) is 27.2 Å². The zero-order valence-electron chi connectivity index (χ0n) is 24.9. The van der Waals surface area contributed by atoms with Crippen molar-refractivity contribution in [2.75, 3.05) is 16.4 Å². The van der Waals surface area contributed by atoms with E-state index >= 15 is 0 Å². The van der Waals surface area contributed by atoms with Crippen LogP contribution in [0.3, 0.4) is 0 Å². The number of nitrogens with one attached hydrogen (secondary N) is 2. The number of anilines is 5. The Labute approximate surface area is 277 Å². The Morgan fingerprint density at radius 2 is 0.854 bits per heavy atom. The Kier molecular flexibility index (Phi) is 9.11. The van der Waals surface area contributed by atoms with E-state index in [-0.39, 0.29) is 26.6 Å². The quantitative estimate of drug-likeness (QED) is 0.0569. The molecule has 0 heterocycles. The maximum atomic E-state index is 12.5. The van der Waals surface area contributed by atoms with Crippen molar-refractivity contribution < 1.29 is 44.0 Å². The Morgan fingerprint density at radius 3 is 1.17 bits per heavy atom. The predicted molar refractivity (Wildman–Crippen MR) is 179 cm³/mol. The first-order chi connectivity index (χ1) is 22.4. The van der Waals surface area contributed by atoms with Gasteiger partial charge < -0.3 is 21.5 Å². The molecule has 0 bridgehead atoms. The van der Waals surface area contributed by atoms with Gasteiger partial charge in [0, 0.05) is 22.7 Å². The number of aryl methyl sites for hydroxylation is 1. The molecule has 0 radical (unpaired) electrons. The molecule has 5 aromatic carbocycles. The van der Waals surface area contributed by atoms with E-state index in [1.165, 1.54) is 61.5 Å². The highest BCUT2D eigenvalue weighted by atomic mass is 32.2. The van der Waals surface area contributed by atoms with Gasteiger partial charge in [0.2, 0.25) is 0 Å². The van der Waals surface area contributed by atoms with Crippen LogP contribution in [0.5, 0.6) is 0 Å². The minimum Gasteiger partial charge on any atom is -0.397 e. The fourth-order valence-electron chi connectivity index (χ4n) is 5.03. The molecule has 0 aliphatic carbocycles. The normalized spacial score (nSPS) is 12.4. The van der Waals surface area contributed by atoms with E-state index in [1.807, 2.05) is 0 Å². The molecule has 5 aromatic rings. The molecule has 0 aromatic heterocycles. The van der Waals surface area contributed by atoms with Crippen molar-refractivity contribution in [3.63, 3.8) is 0 Å². The summed E-state index contributed by atoms with van der Waals surface area (Å²) in [5, 5.41) is 18.7. The van der Waals surface area contributed by atoms with E-state index < -0.39 is 40.9 Å². The lowest BCUT2D eigenvalue weighted by Crippen LogP contribution is -2.29. The van der Waals surface area contributed by atoms with Crippen molar-refractivity contribution in [1.29, 1.82) is 0 Å². The number of hydrogen-bond donors (Lipinski definition) is 7. The third-order valence-electron chi connectivity index (χ3n) is 7.53. The highest BCUT2D eigenvalue weighted by Gasteiger charge is 2.36. The molecule has 48 heavy (non-hydrogen) atoms. The summed E-state index contributed by atoms with van der Waals surface area (Å²) in [6.07, 6.45) is 0. The second-order valence-corrected chi connectivity index (χ2v) is 15.0. The van der Waals surface area contributed by atoms with Crippen molar-refractivity contribution in [1.82, 2.24) is 0 Å². The molecule has 0 spiro atoms. The highest BCUT2D eigenvalue weighted by molar-refractivity contribution is 7.86. The summed E-state index contributed by atoms with van der Waals surface area (Å²) < 4.78 is 98.2. The van der Waals surface area contributed by atoms with Gasteiger partial charge in [-0.25, -0.2) is 0 Å². The standard InChI is InChI=1S/C32H29N3O10S3/c1-20-18-23(19-30(31(20)33)48(43,44)45)32(36,21-2-6-24(7-3-21)34-26-10-14-28(15-11-26)46(37,38)39)22-4-8-25(9-5-22)35-27-12-16-29(17-13-27)47(40,41)42/h2-19,34-36H,33H2,1H3,(H,37,38,39)(H,40,41,42)(H,43,44,45). The molecule has 0 fully saturated rings. The molecule has 0 saturated carbocycles. The molecule has 0 amide bonds. The first kappa shape index (κ1) is 34.5. The van der Waals surface area contributed by atoms with Gasteiger partial charge in [0.25, 0.3) is 30.4 Å². The Morgan fingerprint density at radius 1 is 0.521 bits per heavy atom. The molecule has 0 aliphatic heterocycles. The van der Waals surface area contributed by atoms with Crippen LogP contribution in [0.25, 0.3) is 0 Å². The van der Waals surface area contributed by atoms with Gasteiger partial charge in [-0.2, -0.15) is 25.3 Å². The smallest absolute Gasteiger partial charge is 0.296 e. The third kappa shape index (κ3) is 7.34. The van der Waals surface area contributed by atoms with Crippen molar-refractivity contribution in [3.8, 4) is 0 Å². The van der Waals surface area contributed by atoms with Crippen molar-refractivity contribution in [3.05, 3.63) is 131 Å². The summed E-state index contributed by atoms with van der Waals surface area (Å²) in [6.45, 7) is 1.54. The van der Waals surface area contributed by atoms with E-state index in [0.29, 0.717) is 33.9 Å². The summed E-state index contributed by atoms with van der Waals surface area (Å²) in [6, 6.07) is 26.3. The largest absolute Gasteiger partial charge is 0.397 e. The third-order valence-corrected chi connectivity index (χ3v) is 10.2. The molecular weight excluding hydrogens is 683 g/mol. The van der Waals surface area contributed by atoms with Crippen LogP contribution in [0.15, 0.2) is 124 Å². The molecule has 0 atom stereocenters. The average Bonchev–Trinajstić information content (AvgIpc) is 3.02. The van der Waals surface area contributed by atoms with E-state index in [0.717, 1.165) is 6.07 Å². The number of rotatable bonds is 10. The van der Waals surface area contributed by atoms with Crippen LogP contribution in [0.1, 0.15) is 22.3 Å². The Balaban J connectivity index is 1.53. The summed E-state index contributed by atoms with van der Waals surface area (Å²) in [7, 11) is -13.5. The molecule has 250 valence electrons. The number of nitrogen functional groups attached to an aromatic ring is 1. The fraction of sp³-hybridized carbons (Fsp3) is 0.0625. The highest BCUT2D eigenvalue weighted by Crippen LogP contribution is 2.40. The van der Waals surface area contributed by atoms with Crippen LogP contribution in [-0.4, -0.2) is 44.0 Å². The molecule has 13 nitrogen and oxygen atoms in total. The maximum Gasteiger partial charge on any atom is 0.296 e. The van der Waals surface area contributed by atoms with Crippen LogP contribution in [0, 0.1) is 6.92 Å². The summed E-state index contributed by atoms with van der Waals surface area (Å²) in [5.74, 6) is 0. The van der Waals surface area contributed by atoms with E-state index in [1.54, 1.807) is 48.5 Å². The molecule has 5 rings (SSSR count). The first-order valence-corrected chi connectivity index (χ1v) is 18.2. The first-order valence-electron chi connectivity index (χ1n) is 13.9. The van der Waals surface area contributed by atoms with Crippen molar-refractivity contribution >= 4 is 58.8 Å². The molecular formula is C32H29N3O10S3. The summed E-state index contributed by atoms with van der Waals surface area (Å²) >= 11 is 0. The second kappa shape index (κ2) is 12.7. The number of benzene rings is 5. The summed E-state index contributed by atoms with van der Waals surface area (Å²) in [4.78, 5) is -1.12. The van der Waals surface area contributed by atoms with Gasteiger partial charge in [-0.15, -0.1) is 0 Å². The van der Waals surface area contributed by atoms with Gasteiger partial charge in [-0.05, 0) is 108 Å². The number of nitrogens with two attached hydrogens (primary N) is 1. The molecule has 0 unspecified atom stereocenters. The van der Waals surface area contributed by atoms with Crippen LogP contribution < -0.4 is 16.4 Å². The van der Waals surface area contributed by atoms with E-state index in [4.69, 9.17) is 5.73 Å². The maximum absolute atomic E-state index is 12.5. The van der Waals surface area contributed by atoms with Gasteiger partial charge in [0.1, 0.15) is 10.5 Å². The SMILES string of the molecule is Cc1cc(C(O)(c2ccc(Nc3ccc(S(=O)(=O)O)cc3)cc2)c2ccc(Nc3ccc(S(=O)(=O)O)cc3)cc2)cc(S(=O)(=O)O)c1N. The number of hydrogen-bond acceptors (Lipinski definition) is 10. The molecule has 8 N–H and O–H groups in total. The number of aliphatic hydroxyl groups is 1. The lowest BCUT2D eigenvalue weighted by atomic mass is 9.79. The minimum absolute atomic E-state index is 0.0878. The fourth-order valence-corrected chi connectivity index (χ4v) is 6.71. The molecule has 0 aliphatic rings. The second-order valence-electron chi connectivity index (χ2n) is 10.8. The lowest BCUT2D eigenvalue weighted by Gasteiger charge is -2.31. The van der Waals surface area contributed by atoms with Crippen molar-refractivity contribution in [2.24, 2.45) is 0 Å². The van der Waals surface area contributed by atoms with Gasteiger partial charge in [-0.1, -0.05) is 30.3 Å². The van der Waals surface area contributed by atoms with Gasteiger partial charge >= 0.3 is 0 Å². The van der Waals surface area contributed by atoms with Crippen LogP contribution in [0.4, 0.5) is 28.4 Å². The van der Waals surface area contributed by atoms with Crippen LogP contribution in [0.2, 0.25) is 0 Å². The minimum atomic E-state index is -4.77. The van der Waals surface area contributed by atoms with E-state index in [9.17, 15) is 44.0 Å². The zero-order valence-corrected chi connectivity index (χ0v) is 27.4. The summed E-state index contributed by atoms with van der Waals surface area (Å²) in [5.41, 5.74) is 6.92. The van der Waals surface area contributed by atoms with Gasteiger partial charge in [-0.3, -0.25) is 13.7 Å². The Hall–Kier alpha value is -4.81. The lowest BCUT2D eigenvalue weighted by molar-refractivity contribution is 0.125. The Bertz CT molecular complexity index is 2190. The monoisotopic (exact) mass is 711 g/mol. The topological polar surface area (TPSA) is 233 Å². The van der Waals surface area contributed by atoms with Gasteiger partial charge in [0.05, 0.1) is 15.5 Å². The molecule has 16 heteroatoms. The van der Waals surface area contributed by atoms with E-state index in [2.05, 4.69) is 10.6 Å². The van der Waals surface area contributed by atoms with Crippen LogP contribution in [-0.2, 0) is 36.0 Å². The van der Waals surface area contributed by atoms with Gasteiger partial charge in [0.15, 0.2) is 0 Å². The molecule has 0 saturated heterocycles. The van der Waals surface area contributed by atoms with Crippen LogP contribution >= 0.6 is 0 Å². The zero-order chi connectivity index (χ0) is 35.1. The average molecular weight is 712 g/mol. The predicted octanol–water partition coefficient (Wildman–Crippen LogP) is 5.09.